The van der Waals surface area contributed by atoms with Crippen LogP contribution in [0.15, 0.2) is 22.6 Å². The van der Waals surface area contributed by atoms with E-state index in [0.29, 0.717) is 28.8 Å². The predicted octanol–water partition coefficient (Wildman–Crippen LogP) is 1.62. The highest BCUT2D eigenvalue weighted by Gasteiger charge is 2.60. The SMILES string of the molecule is O=C(O[C@@H]1C[C@H]2[C@@H]1[C@@H]1CC[C@H]2O1)c1cnc(-c2nccs2)[nH]c1=O. The Morgan fingerprint density at radius 3 is 2.96 bits per heavy atom. The molecule has 1 saturated carbocycles. The first kappa shape index (κ1) is 14.3. The lowest BCUT2D eigenvalue weighted by molar-refractivity contribution is -0.0614. The first-order valence-electron chi connectivity index (χ1n) is 8.06. The fourth-order valence-corrected chi connectivity index (χ4v) is 4.77. The fourth-order valence-electron chi connectivity index (χ4n) is 4.18. The molecule has 0 radical (unpaired) electrons. The highest BCUT2D eigenvalue weighted by atomic mass is 32.1. The third kappa shape index (κ3) is 2.06. The van der Waals surface area contributed by atoms with E-state index in [0.717, 1.165) is 19.3 Å². The van der Waals surface area contributed by atoms with Gasteiger partial charge in [0.15, 0.2) is 10.8 Å². The number of aromatic nitrogens is 3. The van der Waals surface area contributed by atoms with Gasteiger partial charge in [-0.2, -0.15) is 0 Å². The lowest BCUT2D eigenvalue weighted by Crippen LogP contribution is -2.50. The number of hydrogen-bond acceptors (Lipinski definition) is 7. The minimum absolute atomic E-state index is 0.0668. The summed E-state index contributed by atoms with van der Waals surface area (Å²) in [7, 11) is 0. The zero-order chi connectivity index (χ0) is 16.3. The fraction of sp³-hybridized carbons (Fsp3) is 0.500. The van der Waals surface area contributed by atoms with Crippen LogP contribution in [0.3, 0.4) is 0 Å². The van der Waals surface area contributed by atoms with Crippen LogP contribution in [0.1, 0.15) is 29.6 Å². The van der Waals surface area contributed by atoms with Crippen molar-refractivity contribution in [1.82, 2.24) is 15.0 Å². The molecule has 2 saturated heterocycles. The monoisotopic (exact) mass is 345 g/mol. The summed E-state index contributed by atoms with van der Waals surface area (Å²) in [6.45, 7) is 0. The van der Waals surface area contributed by atoms with Crippen molar-refractivity contribution >= 4 is 17.3 Å². The van der Waals surface area contributed by atoms with Crippen molar-refractivity contribution in [2.75, 3.05) is 0 Å². The Bertz CT molecular complexity index is 847. The van der Waals surface area contributed by atoms with Gasteiger partial charge in [-0.05, 0) is 25.2 Å². The number of H-pyrrole nitrogens is 1. The lowest BCUT2D eigenvalue weighted by atomic mass is 9.63. The molecule has 3 fully saturated rings. The molecular weight excluding hydrogens is 330 g/mol. The summed E-state index contributed by atoms with van der Waals surface area (Å²) < 4.78 is 11.4. The number of carbonyl (C=O) groups is 1. The lowest BCUT2D eigenvalue weighted by Gasteiger charge is -2.43. The first-order valence-corrected chi connectivity index (χ1v) is 8.94. The topological polar surface area (TPSA) is 94.2 Å². The van der Waals surface area contributed by atoms with Crippen molar-refractivity contribution in [2.24, 2.45) is 11.8 Å². The maximum Gasteiger partial charge on any atom is 0.345 e. The molecule has 3 aliphatic rings. The van der Waals surface area contributed by atoms with Crippen LogP contribution in [-0.4, -0.2) is 39.2 Å². The van der Waals surface area contributed by atoms with Gasteiger partial charge in [-0.1, -0.05) is 0 Å². The average Bonchev–Trinajstić information content (AvgIpc) is 3.26. The average molecular weight is 345 g/mol. The van der Waals surface area contributed by atoms with E-state index in [-0.39, 0.29) is 17.8 Å². The van der Waals surface area contributed by atoms with E-state index in [1.165, 1.54) is 17.5 Å². The Labute approximate surface area is 141 Å². The number of aromatic amines is 1. The molecule has 5 atom stereocenters. The zero-order valence-corrected chi connectivity index (χ0v) is 13.5. The maximum absolute atomic E-state index is 12.3. The van der Waals surface area contributed by atoms with Gasteiger partial charge in [-0.25, -0.2) is 14.8 Å². The van der Waals surface area contributed by atoms with Crippen molar-refractivity contribution in [2.45, 2.75) is 37.6 Å². The van der Waals surface area contributed by atoms with Crippen molar-refractivity contribution in [3.63, 3.8) is 0 Å². The Balaban J connectivity index is 1.32. The van der Waals surface area contributed by atoms with Gasteiger partial charge in [0.25, 0.3) is 5.56 Å². The molecule has 124 valence electrons. The van der Waals surface area contributed by atoms with Gasteiger partial charge in [-0.3, -0.25) is 4.79 Å². The van der Waals surface area contributed by atoms with Gasteiger partial charge in [0.1, 0.15) is 11.7 Å². The van der Waals surface area contributed by atoms with Gasteiger partial charge < -0.3 is 14.5 Å². The third-order valence-electron chi connectivity index (χ3n) is 5.33. The van der Waals surface area contributed by atoms with Gasteiger partial charge in [-0.15, -0.1) is 11.3 Å². The van der Waals surface area contributed by atoms with Gasteiger partial charge in [0.05, 0.1) is 12.2 Å². The number of nitrogens with one attached hydrogen (secondary N) is 1. The van der Waals surface area contributed by atoms with Crippen molar-refractivity contribution < 1.29 is 14.3 Å². The van der Waals surface area contributed by atoms with E-state index in [4.69, 9.17) is 9.47 Å². The Hall–Kier alpha value is -2.06. The van der Waals surface area contributed by atoms with Crippen LogP contribution in [0.2, 0.25) is 0 Å². The number of thiazole rings is 1. The Morgan fingerprint density at radius 1 is 1.33 bits per heavy atom. The van der Waals surface area contributed by atoms with Crippen LogP contribution in [0.4, 0.5) is 0 Å². The molecule has 1 N–H and O–H groups in total. The highest BCUT2D eigenvalue weighted by molar-refractivity contribution is 7.12. The zero-order valence-electron chi connectivity index (χ0n) is 12.7. The molecule has 0 amide bonds. The van der Waals surface area contributed by atoms with Crippen molar-refractivity contribution in [3.05, 3.63) is 33.7 Å². The minimum Gasteiger partial charge on any atom is -0.458 e. The molecular formula is C16H15N3O4S. The smallest absolute Gasteiger partial charge is 0.345 e. The molecule has 2 aliphatic heterocycles. The van der Waals surface area contributed by atoms with Gasteiger partial charge >= 0.3 is 5.97 Å². The minimum atomic E-state index is -0.610. The highest BCUT2D eigenvalue weighted by Crippen LogP contribution is 2.55. The van der Waals surface area contributed by atoms with Gasteiger partial charge in [0, 0.05) is 23.7 Å². The summed E-state index contributed by atoms with van der Waals surface area (Å²) in [6.07, 6.45) is 6.32. The molecule has 24 heavy (non-hydrogen) atoms. The Morgan fingerprint density at radius 2 is 2.21 bits per heavy atom. The van der Waals surface area contributed by atoms with Crippen LogP contribution in [-0.2, 0) is 9.47 Å². The molecule has 2 aromatic heterocycles. The number of carbonyl (C=O) groups excluding carboxylic acids is 1. The van der Waals surface area contributed by atoms with E-state index in [2.05, 4.69) is 15.0 Å². The molecule has 0 aromatic carbocycles. The molecule has 0 unspecified atom stereocenters. The number of hydrogen-bond donors (Lipinski definition) is 1. The maximum atomic E-state index is 12.3. The van der Waals surface area contributed by atoms with Gasteiger partial charge in [0.2, 0.25) is 0 Å². The van der Waals surface area contributed by atoms with Crippen LogP contribution >= 0.6 is 11.3 Å². The molecule has 2 aromatic rings. The first-order chi connectivity index (χ1) is 11.7. The largest absolute Gasteiger partial charge is 0.458 e. The number of fused-ring (bicyclic) bond motifs is 5. The van der Waals surface area contributed by atoms with Crippen molar-refractivity contribution in [1.29, 1.82) is 0 Å². The second-order valence-corrected chi connectivity index (χ2v) is 7.42. The van der Waals surface area contributed by atoms with Crippen LogP contribution < -0.4 is 5.56 Å². The summed E-state index contributed by atoms with van der Waals surface area (Å²) >= 11 is 1.37. The van der Waals surface area contributed by atoms with E-state index >= 15 is 0 Å². The molecule has 4 heterocycles. The second kappa shape index (κ2) is 5.22. The number of ether oxygens (including phenoxy) is 2. The van der Waals surface area contributed by atoms with E-state index in [1.54, 1.807) is 11.6 Å². The normalized spacial score (nSPS) is 33.1. The Kier molecular flexibility index (Phi) is 3.11. The van der Waals surface area contributed by atoms with E-state index in [9.17, 15) is 9.59 Å². The quantitative estimate of drug-likeness (QED) is 0.850. The second-order valence-electron chi connectivity index (χ2n) is 6.52. The molecule has 5 rings (SSSR count). The van der Waals surface area contributed by atoms with E-state index in [1.807, 2.05) is 0 Å². The third-order valence-corrected chi connectivity index (χ3v) is 6.11. The molecule has 2 bridgehead atoms. The predicted molar refractivity (Wildman–Crippen MR) is 84.7 cm³/mol. The standard InChI is InChI=1S/C16H15N3O4S/c20-14-8(6-18-13(19-14)15-17-3-4-24-15)16(21)23-11-5-7-9-1-2-10(22-9)12(7)11/h3-4,6-7,9-12H,1-2,5H2,(H,18,19,20)/t7-,9-,10+,11-,12-/m1/s1. The molecule has 7 nitrogen and oxygen atoms in total. The molecule has 0 spiro atoms. The van der Waals surface area contributed by atoms with Crippen molar-refractivity contribution in [3.8, 4) is 10.8 Å². The number of nitrogens with zero attached hydrogens (tertiary/aromatic N) is 2. The summed E-state index contributed by atoms with van der Waals surface area (Å²) in [5.41, 5.74) is -0.567. The van der Waals surface area contributed by atoms with Crippen LogP contribution in [0.5, 0.6) is 0 Å². The van der Waals surface area contributed by atoms with Crippen LogP contribution in [0, 0.1) is 11.8 Å². The summed E-state index contributed by atoms with van der Waals surface area (Å²) in [5, 5.41) is 2.40. The molecule has 1 aliphatic carbocycles. The summed E-state index contributed by atoms with van der Waals surface area (Å²) in [4.78, 5) is 35.3. The number of esters is 1. The summed E-state index contributed by atoms with van der Waals surface area (Å²) in [6, 6.07) is 0. The summed E-state index contributed by atoms with van der Waals surface area (Å²) in [5.74, 6) is 0.567. The van der Waals surface area contributed by atoms with Crippen LogP contribution in [0.25, 0.3) is 10.8 Å². The number of rotatable bonds is 3. The molecule has 8 heteroatoms. The van der Waals surface area contributed by atoms with E-state index < -0.39 is 11.5 Å².